The van der Waals surface area contributed by atoms with Crippen LogP contribution in [0.5, 0.6) is 23.0 Å². The summed E-state index contributed by atoms with van der Waals surface area (Å²) in [7, 11) is 3.20. The molecule has 1 N–H and O–H groups in total. The first-order valence-electron chi connectivity index (χ1n) is 11.6. The van der Waals surface area contributed by atoms with Gasteiger partial charge in [-0.2, -0.15) is 4.98 Å². The van der Waals surface area contributed by atoms with Gasteiger partial charge in [-0.05, 0) is 60.9 Å². The fraction of sp³-hybridized carbons (Fsp3) is 0.346. The molecule has 1 aliphatic heterocycles. The molecule has 0 aliphatic carbocycles. The highest BCUT2D eigenvalue weighted by molar-refractivity contribution is 5.91. The minimum atomic E-state index is -0.153. The number of aromatic nitrogens is 2. The van der Waals surface area contributed by atoms with E-state index in [9.17, 15) is 4.79 Å². The van der Waals surface area contributed by atoms with E-state index in [-0.39, 0.29) is 5.91 Å². The lowest BCUT2D eigenvalue weighted by Crippen LogP contribution is -2.22. The minimum Gasteiger partial charge on any atom is -0.497 e. The molecule has 0 saturated carbocycles. The van der Waals surface area contributed by atoms with Gasteiger partial charge in [0.1, 0.15) is 19.0 Å². The van der Waals surface area contributed by atoms with E-state index in [0.29, 0.717) is 55.1 Å². The number of nitrogens with zero attached hydrogens (tertiary/aromatic N) is 2. The van der Waals surface area contributed by atoms with Gasteiger partial charge >= 0.3 is 0 Å². The van der Waals surface area contributed by atoms with Crippen LogP contribution in [0.15, 0.2) is 47.0 Å². The van der Waals surface area contributed by atoms with Crippen LogP contribution in [-0.2, 0) is 11.2 Å². The summed E-state index contributed by atoms with van der Waals surface area (Å²) < 4.78 is 27.1. The molecule has 1 amide bonds. The monoisotopic (exact) mass is 479 g/mol. The van der Waals surface area contributed by atoms with Gasteiger partial charge in [0, 0.05) is 24.6 Å². The van der Waals surface area contributed by atoms with Gasteiger partial charge in [0.15, 0.2) is 11.5 Å². The van der Waals surface area contributed by atoms with Crippen molar-refractivity contribution in [3.05, 3.63) is 53.9 Å². The van der Waals surface area contributed by atoms with Gasteiger partial charge in [0.2, 0.25) is 23.4 Å². The standard InChI is InChI=1S/C26H29N3O6/c1-31-20-10-8-19(9-11-20)26-28-24(35-29-26)6-4-3-5-13-27-23(30)12-7-18-16-21(32-2)25-22(17-18)33-14-15-34-25/h7-12,16-17H,3-6,13-15H2,1-2H3,(H,27,30)/b12-7+. The minimum absolute atomic E-state index is 0.153. The van der Waals surface area contributed by atoms with E-state index in [1.165, 1.54) is 6.08 Å². The first-order valence-corrected chi connectivity index (χ1v) is 11.6. The molecule has 35 heavy (non-hydrogen) atoms. The van der Waals surface area contributed by atoms with Crippen LogP contribution in [0.25, 0.3) is 17.5 Å². The fourth-order valence-electron chi connectivity index (χ4n) is 3.62. The Morgan fingerprint density at radius 1 is 1.06 bits per heavy atom. The molecular formula is C26H29N3O6. The van der Waals surface area contributed by atoms with Crippen molar-refractivity contribution in [2.75, 3.05) is 34.0 Å². The van der Waals surface area contributed by atoms with Crippen molar-refractivity contribution in [1.82, 2.24) is 15.5 Å². The molecule has 0 unspecified atom stereocenters. The summed E-state index contributed by atoms with van der Waals surface area (Å²) in [5, 5.41) is 6.95. The quantitative estimate of drug-likeness (QED) is 0.324. The average Bonchev–Trinajstić information content (AvgIpc) is 3.38. The first kappa shape index (κ1) is 24.1. The Morgan fingerprint density at radius 3 is 2.69 bits per heavy atom. The molecule has 0 fully saturated rings. The van der Waals surface area contributed by atoms with Gasteiger partial charge in [-0.3, -0.25) is 4.79 Å². The molecular weight excluding hydrogens is 450 g/mol. The summed E-state index contributed by atoms with van der Waals surface area (Å²) in [6.45, 7) is 1.56. The fourth-order valence-corrected chi connectivity index (χ4v) is 3.62. The summed E-state index contributed by atoms with van der Waals surface area (Å²) in [6.07, 6.45) is 6.62. The molecule has 0 atom stereocenters. The topological polar surface area (TPSA) is 105 Å². The second kappa shape index (κ2) is 11.9. The van der Waals surface area contributed by atoms with Crippen LogP contribution >= 0.6 is 0 Å². The molecule has 4 rings (SSSR count). The highest BCUT2D eigenvalue weighted by Gasteiger charge is 2.17. The van der Waals surface area contributed by atoms with Crippen molar-refractivity contribution in [3.8, 4) is 34.4 Å². The number of rotatable bonds is 11. The molecule has 0 saturated heterocycles. The maximum Gasteiger partial charge on any atom is 0.243 e. The Labute approximate surface area is 204 Å². The SMILES string of the molecule is COc1ccc(-c2noc(CCCCCNC(=O)/C=C/c3cc(OC)c4c(c3)OCCO4)n2)cc1. The number of hydrogen-bond donors (Lipinski definition) is 1. The summed E-state index contributed by atoms with van der Waals surface area (Å²) >= 11 is 0. The van der Waals surface area contributed by atoms with Crippen molar-refractivity contribution in [1.29, 1.82) is 0 Å². The number of ether oxygens (including phenoxy) is 4. The van der Waals surface area contributed by atoms with E-state index >= 15 is 0 Å². The molecule has 2 aromatic carbocycles. The Bertz CT molecular complexity index is 1140. The molecule has 0 radical (unpaired) electrons. The van der Waals surface area contributed by atoms with Crippen LogP contribution in [0.4, 0.5) is 0 Å². The van der Waals surface area contributed by atoms with Gasteiger partial charge < -0.3 is 28.8 Å². The Kier molecular flexibility index (Phi) is 8.21. The van der Waals surface area contributed by atoms with Gasteiger partial charge in [-0.1, -0.05) is 11.6 Å². The number of aryl methyl sites for hydroxylation is 1. The van der Waals surface area contributed by atoms with Crippen molar-refractivity contribution >= 4 is 12.0 Å². The smallest absolute Gasteiger partial charge is 0.243 e. The lowest BCUT2D eigenvalue weighted by Gasteiger charge is -2.20. The third-order valence-corrected chi connectivity index (χ3v) is 5.46. The van der Waals surface area contributed by atoms with Gasteiger partial charge in [0.05, 0.1) is 14.2 Å². The lowest BCUT2D eigenvalue weighted by molar-refractivity contribution is -0.116. The Balaban J connectivity index is 1.16. The number of unbranched alkanes of at least 4 members (excludes halogenated alkanes) is 2. The summed E-state index contributed by atoms with van der Waals surface area (Å²) in [6, 6.07) is 11.2. The number of amides is 1. The number of hydrogen-bond acceptors (Lipinski definition) is 8. The zero-order valence-corrected chi connectivity index (χ0v) is 19.9. The van der Waals surface area contributed by atoms with Crippen LogP contribution in [0.2, 0.25) is 0 Å². The molecule has 9 nitrogen and oxygen atoms in total. The predicted octanol–water partition coefficient (Wildman–Crippen LogP) is 4.07. The van der Waals surface area contributed by atoms with Crippen molar-refractivity contribution in [2.24, 2.45) is 0 Å². The highest BCUT2D eigenvalue weighted by atomic mass is 16.6. The number of methoxy groups -OCH3 is 2. The normalized spacial score (nSPS) is 12.5. The molecule has 0 spiro atoms. The molecule has 9 heteroatoms. The van der Waals surface area contributed by atoms with Crippen LogP contribution in [0.1, 0.15) is 30.7 Å². The van der Waals surface area contributed by atoms with Crippen LogP contribution < -0.4 is 24.3 Å². The summed E-state index contributed by atoms with van der Waals surface area (Å²) in [5.74, 6) is 3.60. The van der Waals surface area contributed by atoms with Crippen LogP contribution in [0, 0.1) is 0 Å². The van der Waals surface area contributed by atoms with E-state index in [1.54, 1.807) is 20.3 Å². The number of fused-ring (bicyclic) bond motifs is 1. The van der Waals surface area contributed by atoms with E-state index in [1.807, 2.05) is 36.4 Å². The molecule has 0 bridgehead atoms. The van der Waals surface area contributed by atoms with Gasteiger partial charge in [0.25, 0.3) is 0 Å². The largest absolute Gasteiger partial charge is 0.497 e. The molecule has 2 heterocycles. The lowest BCUT2D eigenvalue weighted by atomic mass is 10.1. The van der Waals surface area contributed by atoms with Crippen LogP contribution in [0.3, 0.4) is 0 Å². The van der Waals surface area contributed by atoms with E-state index in [2.05, 4.69) is 15.5 Å². The number of benzene rings is 2. The van der Waals surface area contributed by atoms with Crippen LogP contribution in [-0.4, -0.2) is 50.0 Å². The summed E-state index contributed by atoms with van der Waals surface area (Å²) in [4.78, 5) is 16.6. The first-order chi connectivity index (χ1) is 17.2. The number of carbonyl (C=O) groups is 1. The third kappa shape index (κ3) is 6.53. The second-order valence-corrected chi connectivity index (χ2v) is 7.92. The Morgan fingerprint density at radius 2 is 1.89 bits per heavy atom. The molecule has 1 aliphatic rings. The maximum atomic E-state index is 12.2. The van der Waals surface area contributed by atoms with Crippen molar-refractivity contribution in [2.45, 2.75) is 25.7 Å². The Hall–Kier alpha value is -4.01. The number of carbonyl (C=O) groups excluding carboxylic acids is 1. The van der Waals surface area contributed by atoms with Crippen molar-refractivity contribution < 1.29 is 28.3 Å². The van der Waals surface area contributed by atoms with Crippen molar-refractivity contribution in [3.63, 3.8) is 0 Å². The average molecular weight is 480 g/mol. The van der Waals surface area contributed by atoms with E-state index < -0.39 is 0 Å². The zero-order chi connectivity index (χ0) is 24.5. The zero-order valence-electron chi connectivity index (χ0n) is 19.9. The summed E-state index contributed by atoms with van der Waals surface area (Å²) in [5.41, 5.74) is 1.68. The highest BCUT2D eigenvalue weighted by Crippen LogP contribution is 2.40. The maximum absolute atomic E-state index is 12.2. The van der Waals surface area contributed by atoms with E-state index in [4.69, 9.17) is 23.5 Å². The van der Waals surface area contributed by atoms with E-state index in [0.717, 1.165) is 36.1 Å². The molecule has 1 aromatic heterocycles. The predicted molar refractivity (Wildman–Crippen MR) is 130 cm³/mol. The molecule has 3 aromatic rings. The van der Waals surface area contributed by atoms with Gasteiger partial charge in [-0.15, -0.1) is 0 Å². The number of nitrogens with one attached hydrogen (secondary N) is 1. The third-order valence-electron chi connectivity index (χ3n) is 5.46. The van der Waals surface area contributed by atoms with Gasteiger partial charge in [-0.25, -0.2) is 0 Å². The second-order valence-electron chi connectivity index (χ2n) is 7.92. The molecule has 184 valence electrons.